The van der Waals surface area contributed by atoms with Crippen LogP contribution in [0.3, 0.4) is 0 Å². The van der Waals surface area contributed by atoms with Crippen molar-refractivity contribution in [1.29, 1.82) is 0 Å². The van der Waals surface area contributed by atoms with Crippen LogP contribution in [0.5, 0.6) is 0 Å². The molecule has 0 spiro atoms. The number of aldehydes is 1. The Hall–Kier alpha value is -0.300. The Morgan fingerprint density at radius 2 is 2.00 bits per heavy atom. The second kappa shape index (κ2) is 6.64. The summed E-state index contributed by atoms with van der Waals surface area (Å²) in [6.07, 6.45) is 0.893. The maximum atomic E-state index is 12.3. The van der Waals surface area contributed by atoms with E-state index < -0.39 is 21.3 Å². The van der Waals surface area contributed by atoms with Gasteiger partial charge in [-0.1, -0.05) is 11.6 Å². The smallest absolute Gasteiger partial charge is 0.122 e. The second-order valence-electron chi connectivity index (χ2n) is 5.65. The number of aromatic nitrogens is 1. The van der Waals surface area contributed by atoms with E-state index in [4.69, 9.17) is 11.6 Å². The van der Waals surface area contributed by atoms with E-state index in [0.29, 0.717) is 15.3 Å². The van der Waals surface area contributed by atoms with Gasteiger partial charge in [0.05, 0.1) is 32.0 Å². The predicted molar refractivity (Wildman–Crippen MR) is 86.0 cm³/mol. The predicted octanol–water partition coefficient (Wildman–Crippen LogP) is 3.35. The lowest BCUT2D eigenvalue weighted by molar-refractivity contribution is -0.108. The Bertz CT molecular complexity index is 534. The minimum absolute atomic E-state index is 0.123. The zero-order valence-corrected chi connectivity index (χ0v) is 15.0. The number of nitrogens with one attached hydrogen (secondary N) is 1. The van der Waals surface area contributed by atoms with Crippen LogP contribution >= 0.6 is 27.5 Å². The van der Waals surface area contributed by atoms with Gasteiger partial charge < -0.3 is 4.79 Å². The monoisotopic (exact) mass is 380 g/mol. The van der Waals surface area contributed by atoms with Gasteiger partial charge in [-0.15, -0.1) is 0 Å². The Morgan fingerprint density at radius 1 is 1.40 bits per heavy atom. The van der Waals surface area contributed by atoms with Gasteiger partial charge in [0.25, 0.3) is 0 Å². The molecule has 4 nitrogen and oxygen atoms in total. The first kappa shape index (κ1) is 17.8. The zero-order valence-electron chi connectivity index (χ0n) is 11.9. The van der Waals surface area contributed by atoms with Crippen LogP contribution in [0, 0.1) is 0 Å². The van der Waals surface area contributed by atoms with Crippen molar-refractivity contribution in [2.24, 2.45) is 0 Å². The summed E-state index contributed by atoms with van der Waals surface area (Å²) in [5, 5.41) is 0.427. The molecular weight excluding hydrogens is 364 g/mol. The molecule has 1 rings (SSSR count). The molecule has 0 aromatic carbocycles. The number of carbonyl (C=O) groups excluding carboxylic acids is 1. The molecule has 0 bridgehead atoms. The molecule has 0 fully saturated rings. The minimum atomic E-state index is -1.35. The Balaban J connectivity index is 3.24. The number of rotatable bonds is 5. The highest BCUT2D eigenvalue weighted by Gasteiger charge is 2.35. The van der Waals surface area contributed by atoms with Crippen LogP contribution in [-0.2, 0) is 21.3 Å². The third-order valence-corrected chi connectivity index (χ3v) is 5.20. The highest BCUT2D eigenvalue weighted by molar-refractivity contribution is 9.10. The highest BCUT2D eigenvalue weighted by atomic mass is 79.9. The Morgan fingerprint density at radius 3 is 2.50 bits per heavy atom. The van der Waals surface area contributed by atoms with Gasteiger partial charge in [0.15, 0.2) is 0 Å². The summed E-state index contributed by atoms with van der Waals surface area (Å²) in [7, 11) is -1.35. The van der Waals surface area contributed by atoms with Crippen molar-refractivity contribution < 1.29 is 9.00 Å². The standard InChI is InChI=1S/C13H18BrClN2O2S/c1-12(2,3)20(19)17-13(4,7-8-18)11-9(15)5-6-10(14)16-11/h5-6,8,17H,7H2,1-4H3/t13-,20?/m0/s1. The maximum absolute atomic E-state index is 12.3. The normalized spacial score (nSPS) is 16.5. The van der Waals surface area contributed by atoms with Gasteiger partial charge in [0.2, 0.25) is 0 Å². The lowest BCUT2D eigenvalue weighted by atomic mass is 9.95. The van der Waals surface area contributed by atoms with Crippen molar-refractivity contribution in [2.45, 2.75) is 44.4 Å². The van der Waals surface area contributed by atoms with E-state index >= 15 is 0 Å². The van der Waals surface area contributed by atoms with Crippen LogP contribution in [0.4, 0.5) is 0 Å². The molecule has 0 aliphatic carbocycles. The Kier molecular flexibility index (Phi) is 5.89. The van der Waals surface area contributed by atoms with E-state index in [1.54, 1.807) is 19.1 Å². The van der Waals surface area contributed by atoms with Gasteiger partial charge in [-0.05, 0) is 55.8 Å². The Labute approximate surface area is 135 Å². The molecule has 20 heavy (non-hydrogen) atoms. The average molecular weight is 382 g/mol. The molecule has 0 amide bonds. The fraction of sp³-hybridized carbons (Fsp3) is 0.538. The van der Waals surface area contributed by atoms with Crippen molar-refractivity contribution in [3.8, 4) is 0 Å². The van der Waals surface area contributed by atoms with Crippen LogP contribution < -0.4 is 4.72 Å². The van der Waals surface area contributed by atoms with Crippen LogP contribution in [0.15, 0.2) is 16.7 Å². The summed E-state index contributed by atoms with van der Waals surface area (Å²) in [5.41, 5.74) is -0.390. The van der Waals surface area contributed by atoms with Crippen molar-refractivity contribution in [3.05, 3.63) is 27.5 Å². The molecule has 0 saturated carbocycles. The molecule has 7 heteroatoms. The molecular formula is C13H18BrClN2O2S. The fourth-order valence-electron chi connectivity index (χ4n) is 1.52. The maximum Gasteiger partial charge on any atom is 0.122 e. The molecule has 0 aliphatic rings. The second-order valence-corrected chi connectivity index (χ2v) is 8.84. The number of nitrogens with zero attached hydrogens (tertiary/aromatic N) is 1. The van der Waals surface area contributed by atoms with Crippen molar-refractivity contribution in [2.75, 3.05) is 0 Å². The third kappa shape index (κ3) is 4.35. The molecule has 1 N–H and O–H groups in total. The van der Waals surface area contributed by atoms with E-state index in [9.17, 15) is 9.00 Å². The summed E-state index contributed by atoms with van der Waals surface area (Å²) >= 11 is 9.46. The molecule has 112 valence electrons. The number of pyridine rings is 1. The largest absolute Gasteiger partial charge is 0.303 e. The molecule has 1 aromatic heterocycles. The molecule has 0 aliphatic heterocycles. The van der Waals surface area contributed by atoms with E-state index in [2.05, 4.69) is 25.6 Å². The first-order valence-electron chi connectivity index (χ1n) is 6.06. The summed E-state index contributed by atoms with van der Waals surface area (Å²) in [6, 6.07) is 3.41. The lowest BCUT2D eigenvalue weighted by Gasteiger charge is -2.32. The van der Waals surface area contributed by atoms with Gasteiger partial charge in [-0.3, -0.25) is 0 Å². The van der Waals surface area contributed by atoms with Crippen LogP contribution in [0.2, 0.25) is 5.02 Å². The van der Waals surface area contributed by atoms with Crippen molar-refractivity contribution in [1.82, 2.24) is 9.71 Å². The van der Waals surface area contributed by atoms with Gasteiger partial charge in [-0.25, -0.2) is 13.9 Å². The molecule has 1 unspecified atom stereocenters. The fourth-order valence-corrected chi connectivity index (χ4v) is 3.03. The average Bonchev–Trinajstić information content (AvgIpc) is 2.31. The molecule has 0 radical (unpaired) electrons. The van der Waals surface area contributed by atoms with Crippen LogP contribution in [-0.4, -0.2) is 20.2 Å². The first-order valence-corrected chi connectivity index (χ1v) is 8.38. The summed E-state index contributed by atoms with van der Waals surface area (Å²) in [5.74, 6) is 0. The molecule has 1 heterocycles. The van der Waals surface area contributed by atoms with Crippen molar-refractivity contribution in [3.63, 3.8) is 0 Å². The van der Waals surface area contributed by atoms with Gasteiger partial charge in [-0.2, -0.15) is 0 Å². The van der Waals surface area contributed by atoms with E-state index in [-0.39, 0.29) is 6.42 Å². The van der Waals surface area contributed by atoms with Gasteiger partial charge in [0.1, 0.15) is 10.9 Å². The van der Waals surface area contributed by atoms with Crippen molar-refractivity contribution >= 4 is 44.8 Å². The topological polar surface area (TPSA) is 59.1 Å². The number of halogens is 2. The number of hydrogen-bond acceptors (Lipinski definition) is 3. The number of carbonyl (C=O) groups is 1. The minimum Gasteiger partial charge on any atom is -0.303 e. The quantitative estimate of drug-likeness (QED) is 0.628. The third-order valence-electron chi connectivity index (χ3n) is 2.70. The van der Waals surface area contributed by atoms with Gasteiger partial charge in [0, 0.05) is 6.42 Å². The van der Waals surface area contributed by atoms with E-state index in [1.165, 1.54) is 0 Å². The highest BCUT2D eigenvalue weighted by Crippen LogP contribution is 2.31. The number of hydrogen-bond donors (Lipinski definition) is 1. The van der Waals surface area contributed by atoms with Crippen LogP contribution in [0.1, 0.15) is 39.8 Å². The zero-order chi connectivity index (χ0) is 15.6. The van der Waals surface area contributed by atoms with Crippen LogP contribution in [0.25, 0.3) is 0 Å². The molecule has 2 atom stereocenters. The summed E-state index contributed by atoms with van der Waals surface area (Å²) < 4.78 is 15.5. The first-order chi connectivity index (χ1) is 9.10. The summed E-state index contributed by atoms with van der Waals surface area (Å²) in [4.78, 5) is 15.3. The summed E-state index contributed by atoms with van der Waals surface area (Å²) in [6.45, 7) is 7.33. The lowest BCUT2D eigenvalue weighted by Crippen LogP contribution is -2.47. The molecule has 0 saturated heterocycles. The van der Waals surface area contributed by atoms with E-state index in [0.717, 1.165) is 6.29 Å². The molecule has 1 aromatic rings. The van der Waals surface area contributed by atoms with Gasteiger partial charge >= 0.3 is 0 Å². The SMILES string of the molecule is CC(C)(C)S(=O)N[C@@](C)(CC=O)c1nc(Br)ccc1Cl. The van der Waals surface area contributed by atoms with E-state index in [1.807, 2.05) is 20.8 Å².